The first kappa shape index (κ1) is 16.4. The van der Waals surface area contributed by atoms with Crippen LogP contribution in [0.4, 0.5) is 0 Å². The molecule has 0 aliphatic heterocycles. The Hall–Kier alpha value is -3.41. The van der Waals surface area contributed by atoms with E-state index in [4.69, 9.17) is 9.47 Å². The molecule has 2 aromatic carbocycles. The van der Waals surface area contributed by atoms with Gasteiger partial charge in [0.25, 0.3) is 5.91 Å². The summed E-state index contributed by atoms with van der Waals surface area (Å²) < 4.78 is 10.4. The van der Waals surface area contributed by atoms with Gasteiger partial charge in [0.1, 0.15) is 17.2 Å². The van der Waals surface area contributed by atoms with E-state index in [1.807, 2.05) is 30.3 Å². The maximum Gasteiger partial charge on any atom is 0.289 e. The summed E-state index contributed by atoms with van der Waals surface area (Å²) in [5, 5.41) is 4.96. The lowest BCUT2D eigenvalue weighted by Crippen LogP contribution is -2.19. The largest absolute Gasteiger partial charge is 0.497 e. The van der Waals surface area contributed by atoms with E-state index in [0.29, 0.717) is 22.8 Å². The average molecular weight is 335 g/mol. The van der Waals surface area contributed by atoms with Gasteiger partial charge in [-0.2, -0.15) is 5.10 Å². The van der Waals surface area contributed by atoms with Crippen LogP contribution in [0.15, 0.2) is 59.7 Å². The predicted molar refractivity (Wildman–Crippen MR) is 96.3 cm³/mol. The molecule has 1 amide bonds. The number of carbonyl (C=O) groups excluding carboxylic acids is 1. The first-order valence-corrected chi connectivity index (χ1v) is 7.62. The van der Waals surface area contributed by atoms with Gasteiger partial charge in [-0.25, -0.2) is 10.4 Å². The number of rotatable bonds is 5. The van der Waals surface area contributed by atoms with E-state index >= 15 is 0 Å². The van der Waals surface area contributed by atoms with Crippen molar-refractivity contribution in [1.29, 1.82) is 0 Å². The second-order valence-electron chi connectivity index (χ2n) is 5.20. The SMILES string of the molecule is COc1ccc(OC)c(/C=N/NC(=O)c2ccc3ccccc3n2)c1. The number of hydrazone groups is 1. The Kier molecular flexibility index (Phi) is 4.89. The molecule has 126 valence electrons. The summed E-state index contributed by atoms with van der Waals surface area (Å²) in [6.45, 7) is 0. The Morgan fingerprint density at radius 1 is 1.08 bits per heavy atom. The summed E-state index contributed by atoms with van der Waals surface area (Å²) >= 11 is 0. The van der Waals surface area contributed by atoms with Crippen LogP contribution in [0.2, 0.25) is 0 Å². The molecule has 1 aromatic heterocycles. The highest BCUT2D eigenvalue weighted by Gasteiger charge is 2.07. The van der Waals surface area contributed by atoms with Gasteiger partial charge in [-0.15, -0.1) is 0 Å². The van der Waals surface area contributed by atoms with Crippen molar-refractivity contribution in [2.75, 3.05) is 14.2 Å². The van der Waals surface area contributed by atoms with Crippen molar-refractivity contribution in [3.05, 3.63) is 65.9 Å². The number of nitrogens with one attached hydrogen (secondary N) is 1. The van der Waals surface area contributed by atoms with Gasteiger partial charge in [0.05, 0.1) is 26.0 Å². The van der Waals surface area contributed by atoms with Crippen molar-refractivity contribution in [1.82, 2.24) is 10.4 Å². The van der Waals surface area contributed by atoms with E-state index in [1.165, 1.54) is 6.21 Å². The first-order valence-electron chi connectivity index (χ1n) is 7.62. The summed E-state index contributed by atoms with van der Waals surface area (Å²) in [4.78, 5) is 16.5. The quantitative estimate of drug-likeness (QED) is 0.575. The minimum absolute atomic E-state index is 0.299. The van der Waals surface area contributed by atoms with Crippen LogP contribution < -0.4 is 14.9 Å². The Morgan fingerprint density at radius 3 is 2.72 bits per heavy atom. The molecule has 0 radical (unpaired) electrons. The zero-order chi connectivity index (χ0) is 17.6. The highest BCUT2D eigenvalue weighted by molar-refractivity contribution is 5.95. The second kappa shape index (κ2) is 7.44. The highest BCUT2D eigenvalue weighted by Crippen LogP contribution is 2.22. The van der Waals surface area contributed by atoms with Crippen LogP contribution in [0, 0.1) is 0 Å². The van der Waals surface area contributed by atoms with Crippen LogP contribution in [0.1, 0.15) is 16.1 Å². The van der Waals surface area contributed by atoms with Crippen LogP contribution >= 0.6 is 0 Å². The Morgan fingerprint density at radius 2 is 1.92 bits per heavy atom. The number of amides is 1. The number of hydrogen-bond acceptors (Lipinski definition) is 5. The van der Waals surface area contributed by atoms with Crippen molar-refractivity contribution in [3.63, 3.8) is 0 Å². The van der Waals surface area contributed by atoms with Gasteiger partial charge in [-0.1, -0.05) is 24.3 Å². The monoisotopic (exact) mass is 335 g/mol. The molecule has 0 atom stereocenters. The van der Waals surface area contributed by atoms with Gasteiger partial charge in [-0.3, -0.25) is 4.79 Å². The molecule has 0 fully saturated rings. The summed E-state index contributed by atoms with van der Waals surface area (Å²) in [6.07, 6.45) is 1.50. The summed E-state index contributed by atoms with van der Waals surface area (Å²) in [5.41, 5.74) is 4.22. The lowest BCUT2D eigenvalue weighted by atomic mass is 10.2. The van der Waals surface area contributed by atoms with Gasteiger partial charge >= 0.3 is 0 Å². The topological polar surface area (TPSA) is 72.8 Å². The lowest BCUT2D eigenvalue weighted by molar-refractivity contribution is 0.0950. The van der Waals surface area contributed by atoms with Gasteiger partial charge in [0.2, 0.25) is 0 Å². The van der Waals surface area contributed by atoms with Crippen LogP contribution in [-0.4, -0.2) is 31.3 Å². The third kappa shape index (κ3) is 3.74. The standard InChI is InChI=1S/C19H17N3O3/c1-24-15-8-10-18(25-2)14(11-15)12-20-22-19(23)17-9-7-13-5-3-4-6-16(13)21-17/h3-12H,1-2H3,(H,22,23)/b20-12+. The maximum absolute atomic E-state index is 12.2. The summed E-state index contributed by atoms with van der Waals surface area (Å²) in [5.74, 6) is 0.913. The van der Waals surface area contributed by atoms with Gasteiger partial charge < -0.3 is 9.47 Å². The third-order valence-corrected chi connectivity index (χ3v) is 3.64. The smallest absolute Gasteiger partial charge is 0.289 e. The molecule has 6 heteroatoms. The van der Waals surface area contributed by atoms with Crippen LogP contribution in [0.5, 0.6) is 11.5 Å². The van der Waals surface area contributed by atoms with Crippen molar-refractivity contribution in [3.8, 4) is 11.5 Å². The molecule has 0 bridgehead atoms. The van der Waals surface area contributed by atoms with E-state index in [0.717, 1.165) is 10.9 Å². The minimum Gasteiger partial charge on any atom is -0.497 e. The van der Waals surface area contributed by atoms with Crippen molar-refractivity contribution in [2.45, 2.75) is 0 Å². The zero-order valence-corrected chi connectivity index (χ0v) is 13.9. The van der Waals surface area contributed by atoms with Crippen LogP contribution in [0.25, 0.3) is 10.9 Å². The second-order valence-corrected chi connectivity index (χ2v) is 5.20. The summed E-state index contributed by atoms with van der Waals surface area (Å²) in [6, 6.07) is 16.4. The molecule has 0 saturated carbocycles. The number of para-hydroxylation sites is 1. The van der Waals surface area contributed by atoms with E-state index < -0.39 is 0 Å². The number of hydrogen-bond donors (Lipinski definition) is 1. The van der Waals surface area contributed by atoms with Crippen LogP contribution in [-0.2, 0) is 0 Å². The molecular weight excluding hydrogens is 318 g/mol. The van der Waals surface area contributed by atoms with Crippen molar-refractivity contribution >= 4 is 23.0 Å². The molecule has 0 unspecified atom stereocenters. The number of nitrogens with zero attached hydrogens (tertiary/aromatic N) is 2. The molecule has 1 heterocycles. The maximum atomic E-state index is 12.2. The van der Waals surface area contributed by atoms with Crippen molar-refractivity contribution in [2.24, 2.45) is 5.10 Å². The number of ether oxygens (including phenoxy) is 2. The number of carbonyl (C=O) groups is 1. The molecule has 3 aromatic rings. The number of pyridine rings is 1. The number of methoxy groups -OCH3 is 2. The van der Waals surface area contributed by atoms with Gasteiger partial charge in [0.15, 0.2) is 0 Å². The molecule has 1 N–H and O–H groups in total. The Bertz CT molecular complexity index is 938. The van der Waals surface area contributed by atoms with E-state index in [2.05, 4.69) is 15.5 Å². The molecule has 0 aliphatic rings. The molecule has 0 aliphatic carbocycles. The minimum atomic E-state index is -0.385. The number of benzene rings is 2. The number of fused-ring (bicyclic) bond motifs is 1. The van der Waals surface area contributed by atoms with E-state index in [9.17, 15) is 4.79 Å². The predicted octanol–water partition coefficient (Wildman–Crippen LogP) is 3.02. The van der Waals surface area contributed by atoms with E-state index in [1.54, 1.807) is 38.5 Å². The lowest BCUT2D eigenvalue weighted by Gasteiger charge is -2.06. The zero-order valence-electron chi connectivity index (χ0n) is 13.9. The fourth-order valence-electron chi connectivity index (χ4n) is 2.35. The normalized spacial score (nSPS) is 10.8. The Labute approximate surface area is 145 Å². The molecule has 6 nitrogen and oxygen atoms in total. The first-order chi connectivity index (χ1) is 12.2. The van der Waals surface area contributed by atoms with Gasteiger partial charge in [-0.05, 0) is 30.3 Å². The van der Waals surface area contributed by atoms with E-state index in [-0.39, 0.29) is 5.91 Å². The average Bonchev–Trinajstić information content (AvgIpc) is 2.67. The molecule has 0 spiro atoms. The summed E-state index contributed by atoms with van der Waals surface area (Å²) in [7, 11) is 3.15. The van der Waals surface area contributed by atoms with Gasteiger partial charge in [0, 0.05) is 10.9 Å². The molecule has 0 saturated heterocycles. The fraction of sp³-hybridized carbons (Fsp3) is 0.105. The molecule has 25 heavy (non-hydrogen) atoms. The Balaban J connectivity index is 1.76. The van der Waals surface area contributed by atoms with Crippen LogP contribution in [0.3, 0.4) is 0 Å². The molecule has 3 rings (SSSR count). The number of aromatic nitrogens is 1. The highest BCUT2D eigenvalue weighted by atomic mass is 16.5. The molecular formula is C19H17N3O3. The fourth-order valence-corrected chi connectivity index (χ4v) is 2.35. The third-order valence-electron chi connectivity index (χ3n) is 3.64. The van der Waals surface area contributed by atoms with Crippen molar-refractivity contribution < 1.29 is 14.3 Å².